The maximum absolute atomic E-state index is 7.39. The van der Waals surface area contributed by atoms with Crippen molar-refractivity contribution < 1.29 is 4.74 Å². The summed E-state index contributed by atoms with van der Waals surface area (Å²) in [5.74, 6) is 0.916. The summed E-state index contributed by atoms with van der Waals surface area (Å²) in [4.78, 5) is 0. The first-order valence-electron chi connectivity index (χ1n) is 4.06. The number of nitrogens with one attached hydrogen (secondary N) is 1. The average molecular weight is 155 g/mol. The monoisotopic (exact) mass is 155 g/mol. The van der Waals surface area contributed by atoms with Crippen LogP contribution in [0.5, 0.6) is 0 Å². The number of ether oxygens (including phenoxy) is 1. The van der Waals surface area contributed by atoms with Gasteiger partial charge in [0.2, 0.25) is 0 Å². The van der Waals surface area contributed by atoms with E-state index in [9.17, 15) is 0 Å². The molecule has 0 aromatic rings. The fourth-order valence-corrected chi connectivity index (χ4v) is 0.776. The molecular formula is C9H17NO. The van der Waals surface area contributed by atoms with Crippen LogP contribution in [0.2, 0.25) is 0 Å². The van der Waals surface area contributed by atoms with Crippen LogP contribution >= 0.6 is 0 Å². The molecule has 0 aromatic carbocycles. The molecule has 0 aliphatic carbocycles. The van der Waals surface area contributed by atoms with Crippen LogP contribution in [-0.4, -0.2) is 12.8 Å². The molecule has 0 radical (unpaired) electrons. The molecule has 2 nitrogen and oxygen atoms in total. The van der Waals surface area contributed by atoms with Crippen molar-refractivity contribution in [3.63, 3.8) is 0 Å². The van der Waals surface area contributed by atoms with Crippen molar-refractivity contribution in [1.82, 2.24) is 0 Å². The molecule has 0 aromatic heterocycles. The van der Waals surface area contributed by atoms with Crippen LogP contribution in [0.4, 0.5) is 0 Å². The van der Waals surface area contributed by atoms with E-state index in [-0.39, 0.29) is 0 Å². The highest BCUT2D eigenvalue weighted by atomic mass is 16.5. The van der Waals surface area contributed by atoms with Crippen molar-refractivity contribution in [2.24, 2.45) is 0 Å². The highest BCUT2D eigenvalue weighted by Crippen LogP contribution is 2.05. The van der Waals surface area contributed by atoms with Crippen LogP contribution < -0.4 is 0 Å². The topological polar surface area (TPSA) is 33.1 Å². The summed E-state index contributed by atoms with van der Waals surface area (Å²) in [5.41, 5.74) is 0.635. The Morgan fingerprint density at radius 2 is 2.09 bits per heavy atom. The first kappa shape index (κ1) is 10.2. The van der Waals surface area contributed by atoms with E-state index in [1.165, 1.54) is 0 Å². The average Bonchev–Trinajstić information content (AvgIpc) is 2.03. The lowest BCUT2D eigenvalue weighted by Gasteiger charge is -2.03. The third-order valence-corrected chi connectivity index (χ3v) is 1.47. The van der Waals surface area contributed by atoms with Gasteiger partial charge < -0.3 is 10.1 Å². The smallest absolute Gasteiger partial charge is 0.0973 e. The molecule has 0 spiro atoms. The van der Waals surface area contributed by atoms with E-state index in [0.29, 0.717) is 5.71 Å². The predicted octanol–water partition coefficient (Wildman–Crippen LogP) is 2.75. The maximum Gasteiger partial charge on any atom is 0.0973 e. The second-order valence-electron chi connectivity index (χ2n) is 2.44. The molecule has 0 saturated carbocycles. The van der Waals surface area contributed by atoms with Gasteiger partial charge >= 0.3 is 0 Å². The van der Waals surface area contributed by atoms with Gasteiger partial charge in [-0.15, -0.1) is 0 Å². The van der Waals surface area contributed by atoms with Gasteiger partial charge in [0.25, 0.3) is 0 Å². The molecule has 0 bridgehead atoms. The quantitative estimate of drug-likeness (QED) is 0.480. The van der Waals surface area contributed by atoms with Crippen LogP contribution in [0.3, 0.4) is 0 Å². The zero-order valence-corrected chi connectivity index (χ0v) is 7.61. The van der Waals surface area contributed by atoms with Gasteiger partial charge in [0.1, 0.15) is 0 Å². The van der Waals surface area contributed by atoms with Gasteiger partial charge in [-0.05, 0) is 18.9 Å². The van der Waals surface area contributed by atoms with Crippen molar-refractivity contribution >= 4 is 5.71 Å². The molecule has 0 aliphatic heterocycles. The van der Waals surface area contributed by atoms with E-state index in [1.807, 2.05) is 13.0 Å². The van der Waals surface area contributed by atoms with Crippen molar-refractivity contribution in [1.29, 1.82) is 5.41 Å². The number of hydrogen-bond acceptors (Lipinski definition) is 2. The lowest BCUT2D eigenvalue weighted by Crippen LogP contribution is -1.93. The summed E-state index contributed by atoms with van der Waals surface area (Å²) in [7, 11) is 1.66. The fraction of sp³-hybridized carbons (Fsp3) is 0.667. The zero-order valence-electron chi connectivity index (χ0n) is 7.61. The number of rotatable bonds is 5. The Morgan fingerprint density at radius 1 is 1.45 bits per heavy atom. The Balaban J connectivity index is 3.99. The van der Waals surface area contributed by atoms with Crippen molar-refractivity contribution in [2.45, 2.75) is 33.1 Å². The van der Waals surface area contributed by atoms with E-state index in [1.54, 1.807) is 7.11 Å². The van der Waals surface area contributed by atoms with Crippen LogP contribution in [0.1, 0.15) is 33.1 Å². The molecule has 64 valence electrons. The first-order valence-corrected chi connectivity index (χ1v) is 4.06. The summed E-state index contributed by atoms with van der Waals surface area (Å²) < 4.78 is 5.08. The van der Waals surface area contributed by atoms with E-state index < -0.39 is 0 Å². The Hall–Kier alpha value is -0.790. The third kappa shape index (κ3) is 4.59. The van der Waals surface area contributed by atoms with Crippen molar-refractivity contribution in [3.8, 4) is 0 Å². The summed E-state index contributed by atoms with van der Waals surface area (Å²) >= 11 is 0. The van der Waals surface area contributed by atoms with E-state index >= 15 is 0 Å². The molecule has 1 N–H and O–H groups in total. The minimum Gasteiger partial charge on any atom is -0.501 e. The normalized spacial score (nSPS) is 11.4. The van der Waals surface area contributed by atoms with Gasteiger partial charge in [-0.3, -0.25) is 0 Å². The van der Waals surface area contributed by atoms with E-state index in [4.69, 9.17) is 10.1 Å². The number of methoxy groups -OCH3 is 1. The molecule has 0 aliphatic rings. The third-order valence-electron chi connectivity index (χ3n) is 1.47. The van der Waals surface area contributed by atoms with Gasteiger partial charge in [0, 0.05) is 12.1 Å². The summed E-state index contributed by atoms with van der Waals surface area (Å²) in [6.07, 6.45) is 4.58. The standard InChI is InChI=1S/C9H17NO/c1-4-6-9(11-3)7-8(10)5-2/h7,10H,4-6H2,1-3H3/b9-7+,10-8?. The molecule has 0 unspecified atom stereocenters. The second kappa shape index (κ2) is 5.96. The maximum atomic E-state index is 7.39. The zero-order chi connectivity index (χ0) is 8.69. The van der Waals surface area contributed by atoms with Crippen LogP contribution in [0, 0.1) is 5.41 Å². The number of allylic oxidation sites excluding steroid dienone is 2. The minimum absolute atomic E-state index is 0.635. The van der Waals surface area contributed by atoms with Crippen molar-refractivity contribution in [3.05, 3.63) is 11.8 Å². The minimum atomic E-state index is 0.635. The molecule has 0 atom stereocenters. The first-order chi connectivity index (χ1) is 5.24. The Morgan fingerprint density at radius 3 is 2.45 bits per heavy atom. The van der Waals surface area contributed by atoms with Crippen LogP contribution in [0.15, 0.2) is 11.8 Å². The molecule has 0 fully saturated rings. The SMILES string of the molecule is CCC/C(=C\C(=N)CC)OC. The molecule has 0 rings (SSSR count). The molecule has 11 heavy (non-hydrogen) atoms. The number of hydrogen-bond donors (Lipinski definition) is 1. The lowest BCUT2D eigenvalue weighted by molar-refractivity contribution is 0.277. The molecule has 2 heteroatoms. The van der Waals surface area contributed by atoms with Gasteiger partial charge in [-0.1, -0.05) is 13.8 Å². The van der Waals surface area contributed by atoms with Gasteiger partial charge in [0.05, 0.1) is 12.9 Å². The summed E-state index contributed by atoms with van der Waals surface area (Å²) in [5, 5.41) is 7.39. The fourth-order valence-electron chi connectivity index (χ4n) is 0.776. The lowest BCUT2D eigenvalue weighted by atomic mass is 10.2. The summed E-state index contributed by atoms with van der Waals surface area (Å²) in [6, 6.07) is 0. The molecule has 0 heterocycles. The van der Waals surface area contributed by atoms with Gasteiger partial charge in [-0.25, -0.2) is 0 Å². The van der Waals surface area contributed by atoms with Gasteiger partial charge in [-0.2, -0.15) is 0 Å². The molecular weight excluding hydrogens is 138 g/mol. The van der Waals surface area contributed by atoms with Crippen LogP contribution in [-0.2, 0) is 4.74 Å². The Bertz CT molecular complexity index is 150. The highest BCUT2D eigenvalue weighted by Gasteiger charge is 1.95. The predicted molar refractivity (Wildman–Crippen MR) is 48.0 cm³/mol. The van der Waals surface area contributed by atoms with Crippen LogP contribution in [0.25, 0.3) is 0 Å². The summed E-state index contributed by atoms with van der Waals surface area (Å²) in [6.45, 7) is 4.07. The van der Waals surface area contributed by atoms with Gasteiger partial charge in [0.15, 0.2) is 0 Å². The molecule has 0 saturated heterocycles. The Labute approximate surface area is 68.8 Å². The molecule has 0 amide bonds. The van der Waals surface area contributed by atoms with E-state index in [2.05, 4.69) is 6.92 Å². The van der Waals surface area contributed by atoms with E-state index in [0.717, 1.165) is 25.0 Å². The second-order valence-corrected chi connectivity index (χ2v) is 2.44. The highest BCUT2D eigenvalue weighted by molar-refractivity contribution is 5.92. The van der Waals surface area contributed by atoms with Crippen molar-refractivity contribution in [2.75, 3.05) is 7.11 Å². The largest absolute Gasteiger partial charge is 0.501 e. The Kier molecular flexibility index (Phi) is 5.53.